The second kappa shape index (κ2) is 19.2. The average molecular weight is 1210 g/mol. The van der Waals surface area contributed by atoms with Crippen LogP contribution < -0.4 is 26.2 Å². The zero-order valence-corrected chi connectivity index (χ0v) is 52.3. The van der Waals surface area contributed by atoms with Gasteiger partial charge < -0.3 is 14.4 Å². The van der Waals surface area contributed by atoms with Gasteiger partial charge in [-0.2, -0.15) is 0 Å². The summed E-state index contributed by atoms with van der Waals surface area (Å²) in [6.45, 7) is -0.235. The number of nitrogens with zero attached hydrogens (tertiary/aromatic N) is 3. The normalized spacial score (nSPS) is 14.4. The van der Waals surface area contributed by atoms with E-state index >= 15 is 0 Å². The Morgan fingerprint density at radius 3 is 1.18 bits per heavy atom. The van der Waals surface area contributed by atoms with E-state index in [4.69, 9.17) is 0 Å². The highest BCUT2D eigenvalue weighted by atomic mass is 15.2. The van der Waals surface area contributed by atoms with E-state index in [1.807, 2.05) is 0 Å². The summed E-state index contributed by atoms with van der Waals surface area (Å²) in [6, 6.07) is 130. The van der Waals surface area contributed by atoms with Crippen LogP contribution in [0.1, 0.15) is 44.5 Å². The van der Waals surface area contributed by atoms with Crippen molar-refractivity contribution in [2.45, 2.75) is 10.8 Å². The van der Waals surface area contributed by atoms with Gasteiger partial charge in [0, 0.05) is 50.3 Å². The van der Waals surface area contributed by atoms with Crippen LogP contribution >= 0.6 is 0 Å². The molecule has 4 aliphatic carbocycles. The van der Waals surface area contributed by atoms with Crippen molar-refractivity contribution in [2.75, 3.05) is 9.80 Å². The molecule has 3 nitrogen and oxygen atoms in total. The summed E-state index contributed by atoms with van der Waals surface area (Å²) in [4.78, 5) is 5.45. The Kier molecular flexibility index (Phi) is 10.5. The molecular weight excluding hydrogens is 1160 g/mol. The molecule has 22 rings (SSSR count). The Morgan fingerprint density at radius 1 is 0.240 bits per heavy atom. The van der Waals surface area contributed by atoms with Crippen molar-refractivity contribution in [2.24, 2.45) is 0 Å². The lowest BCUT2D eigenvalue weighted by molar-refractivity contribution is 0.792. The van der Waals surface area contributed by atoms with Crippen LogP contribution in [0.2, 0.25) is 0 Å². The van der Waals surface area contributed by atoms with Crippen LogP contribution in [0, 0.1) is 0 Å². The van der Waals surface area contributed by atoms with E-state index < -0.39 is 10.8 Å². The first-order chi connectivity index (χ1) is 47.7. The maximum Gasteiger partial charge on any atom is 0.252 e. The summed E-state index contributed by atoms with van der Waals surface area (Å²) >= 11 is 0. The summed E-state index contributed by atoms with van der Waals surface area (Å²) in [5.74, 6) is 0. The quantitative estimate of drug-likeness (QED) is 0.159. The van der Waals surface area contributed by atoms with Gasteiger partial charge in [-0.25, -0.2) is 0 Å². The van der Waals surface area contributed by atoms with E-state index in [-0.39, 0.29) is 6.71 Å². The number of hydrogen-bond donors (Lipinski definition) is 0. The Balaban J connectivity index is 0.925. The zero-order valence-electron chi connectivity index (χ0n) is 52.3. The number of rotatable bonds is 5. The molecule has 15 aromatic carbocycles. The monoisotopic (exact) mass is 1210 g/mol. The molecule has 2 spiro atoms. The molecule has 0 radical (unpaired) electrons. The Labute approximate surface area is 557 Å². The molecule has 2 aliphatic heterocycles. The van der Waals surface area contributed by atoms with Crippen molar-refractivity contribution in [3.8, 4) is 72.4 Å². The van der Waals surface area contributed by atoms with Crippen molar-refractivity contribution >= 4 is 79.0 Å². The molecule has 0 saturated carbocycles. The lowest BCUT2D eigenvalue weighted by Gasteiger charge is -2.47. The predicted molar refractivity (Wildman–Crippen MR) is 398 cm³/mol. The van der Waals surface area contributed by atoms with E-state index in [9.17, 15) is 0 Å². The number of benzene rings is 15. The summed E-state index contributed by atoms with van der Waals surface area (Å²) in [6.07, 6.45) is 0. The highest BCUT2D eigenvalue weighted by Crippen LogP contribution is 2.68. The van der Waals surface area contributed by atoms with E-state index in [2.05, 4.69) is 354 Å². The second-order valence-corrected chi connectivity index (χ2v) is 26.8. The molecule has 96 heavy (non-hydrogen) atoms. The van der Waals surface area contributed by atoms with Crippen molar-refractivity contribution in [3.63, 3.8) is 0 Å². The molecule has 6 aliphatic rings. The molecule has 16 aromatic rings. The molecule has 0 fully saturated rings. The van der Waals surface area contributed by atoms with E-state index in [1.165, 1.54) is 150 Å². The first kappa shape index (κ1) is 52.3. The van der Waals surface area contributed by atoms with Crippen LogP contribution in [-0.4, -0.2) is 11.3 Å². The highest BCUT2D eigenvalue weighted by Gasteiger charge is 2.58. The summed E-state index contributed by atoms with van der Waals surface area (Å²) in [5.41, 5.74) is 38.4. The minimum Gasteiger partial charge on any atom is -0.311 e. The third-order valence-electron chi connectivity index (χ3n) is 22.6. The van der Waals surface area contributed by atoms with Crippen molar-refractivity contribution in [1.29, 1.82) is 0 Å². The van der Waals surface area contributed by atoms with Crippen LogP contribution in [0.25, 0.3) is 94.3 Å². The van der Waals surface area contributed by atoms with Crippen molar-refractivity contribution < 1.29 is 0 Å². The first-order valence-electron chi connectivity index (χ1n) is 33.7. The minimum atomic E-state index is -0.672. The van der Waals surface area contributed by atoms with Crippen molar-refractivity contribution in [1.82, 2.24) is 4.57 Å². The molecular formula is C92H56BN3. The summed E-state index contributed by atoms with van der Waals surface area (Å²) in [5, 5.41) is 2.45. The Bertz CT molecular complexity index is 5880. The maximum absolute atomic E-state index is 2.73. The number of anilines is 6. The van der Waals surface area contributed by atoms with E-state index in [0.717, 1.165) is 39.5 Å². The molecule has 0 bridgehead atoms. The fourth-order valence-corrected chi connectivity index (χ4v) is 19.1. The smallest absolute Gasteiger partial charge is 0.252 e. The van der Waals surface area contributed by atoms with Crippen LogP contribution in [0.15, 0.2) is 340 Å². The van der Waals surface area contributed by atoms with Gasteiger partial charge in [-0.05, 0) is 165 Å². The number of hydrogen-bond acceptors (Lipinski definition) is 2. The molecule has 0 amide bonds. The third-order valence-corrected chi connectivity index (χ3v) is 22.6. The molecule has 0 unspecified atom stereocenters. The molecule has 0 saturated heterocycles. The number of fused-ring (bicyclic) bond motifs is 28. The highest BCUT2D eigenvalue weighted by molar-refractivity contribution is 7.00. The molecule has 4 heteroatoms. The van der Waals surface area contributed by atoms with Crippen LogP contribution in [-0.2, 0) is 10.8 Å². The molecule has 0 atom stereocenters. The fourth-order valence-electron chi connectivity index (χ4n) is 19.1. The van der Waals surface area contributed by atoms with Crippen LogP contribution in [0.4, 0.5) is 34.1 Å². The van der Waals surface area contributed by atoms with E-state index in [0.29, 0.717) is 0 Å². The van der Waals surface area contributed by atoms with E-state index in [1.54, 1.807) is 0 Å². The lowest BCUT2D eigenvalue weighted by Crippen LogP contribution is -2.62. The molecule has 3 heterocycles. The predicted octanol–water partition coefficient (Wildman–Crippen LogP) is 20.9. The topological polar surface area (TPSA) is 11.4 Å². The fraction of sp³-hybridized carbons (Fsp3) is 0.0217. The number of para-hydroxylation sites is 2. The number of aromatic nitrogens is 1. The van der Waals surface area contributed by atoms with Gasteiger partial charge in [-0.15, -0.1) is 0 Å². The largest absolute Gasteiger partial charge is 0.311 e. The average Bonchev–Trinajstić information content (AvgIpc) is 1.45. The third kappa shape index (κ3) is 6.53. The first-order valence-corrected chi connectivity index (χ1v) is 33.7. The summed E-state index contributed by atoms with van der Waals surface area (Å²) < 4.78 is 2.56. The summed E-state index contributed by atoms with van der Waals surface area (Å²) in [7, 11) is 0. The SMILES string of the molecule is c1ccc(-c2ccc(N3c4cc(-n5c6ccccc6c6ccccc65)cc5c4B(c4cc(-c6ccccc6)ccc4N5c4cccc5c4C4(c6ccccc6-c6ccccc64)c4ccccc4-5)c4ccc5c(c43)C3(c4ccccc4-c4ccccc43)c3ccccc3-5)cc2)cc1. The van der Waals surface area contributed by atoms with Gasteiger partial charge in [0.1, 0.15) is 0 Å². The van der Waals surface area contributed by atoms with Crippen molar-refractivity contribution in [3.05, 3.63) is 384 Å². The lowest BCUT2D eigenvalue weighted by atomic mass is 9.33. The maximum atomic E-state index is 2.73. The second-order valence-electron chi connectivity index (χ2n) is 26.8. The molecule has 1 aromatic heterocycles. The van der Waals surface area contributed by atoms with Gasteiger partial charge in [0.25, 0.3) is 6.71 Å². The van der Waals surface area contributed by atoms with Gasteiger partial charge in [0.2, 0.25) is 0 Å². The van der Waals surface area contributed by atoms with Gasteiger partial charge in [-0.1, -0.05) is 291 Å². The minimum absolute atomic E-state index is 0.235. The van der Waals surface area contributed by atoms with Gasteiger partial charge in [0.15, 0.2) is 0 Å². The van der Waals surface area contributed by atoms with Crippen LogP contribution in [0.3, 0.4) is 0 Å². The Hall–Kier alpha value is -12.2. The van der Waals surface area contributed by atoms with Crippen LogP contribution in [0.5, 0.6) is 0 Å². The van der Waals surface area contributed by atoms with Gasteiger partial charge in [-0.3, -0.25) is 0 Å². The Morgan fingerprint density at radius 2 is 0.646 bits per heavy atom. The van der Waals surface area contributed by atoms with Gasteiger partial charge >= 0.3 is 0 Å². The van der Waals surface area contributed by atoms with Gasteiger partial charge in [0.05, 0.1) is 33.2 Å². The molecule has 442 valence electrons. The molecule has 0 N–H and O–H groups in total. The zero-order chi connectivity index (χ0) is 62.5. The standard InChI is InChI=1S/C92H56BN3/c1-3-24-57(25-4-1)59-46-49-61(50-47-59)95-85-55-62(94-81-43-21-13-34-69(81)70-35-14-22-44-82(70)94)56-86-89(85)93(79-52-51-72-68-33-12-20-42-78(68)92(88(72)90(79)95)75-39-17-9-30-65(75)66-31-10-18-40-76(66)92)80-54-60(58-26-5-2-6-27-58)48-53-83(80)96(86)84-45-23-36-71-67-32-11-19-41-77(67)91(87(71)84)73-37-15-7-28-63(73)64-29-8-16-38-74(64)91/h1-56H.